The lowest BCUT2D eigenvalue weighted by molar-refractivity contribution is -0.142. The van der Waals surface area contributed by atoms with Crippen LogP contribution in [0.25, 0.3) is 0 Å². The molecule has 2 aliphatic heterocycles. The quantitative estimate of drug-likeness (QED) is 0.828. The van der Waals surface area contributed by atoms with E-state index in [-0.39, 0.29) is 18.5 Å². The first-order valence-electron chi connectivity index (χ1n) is 7.87. The molecule has 1 saturated heterocycles. The molecule has 0 unspecified atom stereocenters. The smallest absolute Gasteiger partial charge is 0.338 e. The number of halogens is 1. The van der Waals surface area contributed by atoms with Gasteiger partial charge in [0.15, 0.2) is 0 Å². The lowest BCUT2D eigenvalue weighted by Crippen LogP contribution is -2.45. The van der Waals surface area contributed by atoms with E-state index in [2.05, 4.69) is 10.6 Å². The second-order valence-electron chi connectivity index (χ2n) is 5.86. The van der Waals surface area contributed by atoms with Gasteiger partial charge >= 0.3 is 12.0 Å². The Morgan fingerprint density at radius 3 is 2.79 bits per heavy atom. The molecule has 1 fully saturated rings. The van der Waals surface area contributed by atoms with E-state index in [1.165, 1.54) is 24.3 Å². The maximum Gasteiger partial charge on any atom is 0.338 e. The number of carbonyl (C=O) groups excluding carboxylic acids is 2. The highest BCUT2D eigenvalue weighted by atomic mass is 19.1. The molecule has 7 heteroatoms. The van der Waals surface area contributed by atoms with Crippen LogP contribution in [0.1, 0.15) is 31.4 Å². The lowest BCUT2D eigenvalue weighted by Gasteiger charge is -2.28. The second-order valence-corrected chi connectivity index (χ2v) is 5.86. The third-order valence-corrected chi connectivity index (χ3v) is 4.12. The van der Waals surface area contributed by atoms with Crippen molar-refractivity contribution in [1.29, 1.82) is 0 Å². The number of urea groups is 1. The number of esters is 1. The van der Waals surface area contributed by atoms with Crippen LogP contribution in [-0.2, 0) is 14.3 Å². The number of ether oxygens (including phenoxy) is 2. The molecule has 0 aromatic heterocycles. The molecule has 3 rings (SSSR count). The highest BCUT2D eigenvalue weighted by molar-refractivity contribution is 5.95. The number of rotatable bonds is 4. The molecule has 2 amide bonds. The van der Waals surface area contributed by atoms with Crippen LogP contribution in [0.15, 0.2) is 35.5 Å². The molecule has 0 spiro atoms. The Kier molecular flexibility index (Phi) is 4.80. The fourth-order valence-electron chi connectivity index (χ4n) is 2.89. The highest BCUT2D eigenvalue weighted by Gasteiger charge is 2.32. The van der Waals surface area contributed by atoms with E-state index in [9.17, 15) is 14.0 Å². The summed E-state index contributed by atoms with van der Waals surface area (Å²) in [5.74, 6) is -0.910. The molecular formula is C17H19FN2O4. The second kappa shape index (κ2) is 7.00. The zero-order valence-corrected chi connectivity index (χ0v) is 13.3. The van der Waals surface area contributed by atoms with Crippen molar-refractivity contribution < 1.29 is 23.5 Å². The Hall–Kier alpha value is -2.41. The van der Waals surface area contributed by atoms with Crippen LogP contribution in [0.2, 0.25) is 0 Å². The summed E-state index contributed by atoms with van der Waals surface area (Å²) in [6.45, 7) is 2.50. The third kappa shape index (κ3) is 3.56. The van der Waals surface area contributed by atoms with Gasteiger partial charge in [0.1, 0.15) is 12.4 Å². The molecule has 2 heterocycles. The Morgan fingerprint density at radius 1 is 1.38 bits per heavy atom. The monoisotopic (exact) mass is 334 g/mol. The molecule has 24 heavy (non-hydrogen) atoms. The number of hydrogen-bond donors (Lipinski definition) is 2. The molecule has 2 aliphatic rings. The van der Waals surface area contributed by atoms with Gasteiger partial charge in [0.05, 0.1) is 17.7 Å². The topological polar surface area (TPSA) is 76.7 Å². The van der Waals surface area contributed by atoms with Crippen LogP contribution in [0, 0.1) is 5.82 Å². The Labute approximate surface area is 139 Å². The maximum atomic E-state index is 13.1. The summed E-state index contributed by atoms with van der Waals surface area (Å²) in [7, 11) is 0. The van der Waals surface area contributed by atoms with Crippen molar-refractivity contribution in [2.24, 2.45) is 0 Å². The van der Waals surface area contributed by atoms with Crippen LogP contribution in [-0.4, -0.2) is 31.3 Å². The average molecular weight is 334 g/mol. The van der Waals surface area contributed by atoms with Crippen molar-refractivity contribution in [2.75, 3.05) is 13.2 Å². The van der Waals surface area contributed by atoms with Crippen LogP contribution in [0.5, 0.6) is 0 Å². The molecule has 1 aromatic rings. The molecular weight excluding hydrogens is 315 g/mol. The normalized spacial score (nSPS) is 23.7. The van der Waals surface area contributed by atoms with E-state index < -0.39 is 18.0 Å². The predicted octanol–water partition coefficient (Wildman–Crippen LogP) is 2.18. The first-order valence-corrected chi connectivity index (χ1v) is 7.87. The Morgan fingerprint density at radius 2 is 2.12 bits per heavy atom. The van der Waals surface area contributed by atoms with Gasteiger partial charge in [0.25, 0.3) is 0 Å². The zero-order chi connectivity index (χ0) is 17.1. The summed E-state index contributed by atoms with van der Waals surface area (Å²) in [6.07, 6.45) is 1.74. The fraction of sp³-hybridized carbons (Fsp3) is 0.412. The molecule has 2 atom stereocenters. The third-order valence-electron chi connectivity index (χ3n) is 4.12. The molecule has 0 radical (unpaired) electrons. The number of carbonyl (C=O) groups is 2. The van der Waals surface area contributed by atoms with E-state index in [0.29, 0.717) is 23.4 Å². The molecule has 6 nitrogen and oxygen atoms in total. The maximum absolute atomic E-state index is 13.1. The molecule has 2 N–H and O–H groups in total. The molecule has 1 aromatic carbocycles. The van der Waals surface area contributed by atoms with Crippen molar-refractivity contribution in [2.45, 2.75) is 31.9 Å². The van der Waals surface area contributed by atoms with Gasteiger partial charge in [-0.25, -0.2) is 14.0 Å². The summed E-state index contributed by atoms with van der Waals surface area (Å²) in [5.41, 5.74) is 1.33. The van der Waals surface area contributed by atoms with E-state index in [4.69, 9.17) is 9.47 Å². The van der Waals surface area contributed by atoms with Crippen molar-refractivity contribution in [3.8, 4) is 0 Å². The van der Waals surface area contributed by atoms with Crippen molar-refractivity contribution in [3.05, 3.63) is 46.9 Å². The van der Waals surface area contributed by atoms with Gasteiger partial charge in [0.2, 0.25) is 0 Å². The van der Waals surface area contributed by atoms with Gasteiger partial charge in [-0.1, -0.05) is 12.1 Å². The number of allylic oxidation sites excluding steroid dienone is 1. The summed E-state index contributed by atoms with van der Waals surface area (Å²) < 4.78 is 23.9. The summed E-state index contributed by atoms with van der Waals surface area (Å²) in [6, 6.07) is 4.54. The summed E-state index contributed by atoms with van der Waals surface area (Å²) in [4.78, 5) is 24.3. The van der Waals surface area contributed by atoms with E-state index in [1.807, 2.05) is 0 Å². The largest absolute Gasteiger partial charge is 0.459 e. The van der Waals surface area contributed by atoms with Gasteiger partial charge < -0.3 is 20.1 Å². The highest BCUT2D eigenvalue weighted by Crippen LogP contribution is 2.28. The number of nitrogens with one attached hydrogen (secondary N) is 2. The minimum atomic E-state index is -0.684. The number of hydrogen-bond acceptors (Lipinski definition) is 4. The molecule has 0 bridgehead atoms. The van der Waals surface area contributed by atoms with Gasteiger partial charge in [-0.15, -0.1) is 0 Å². The van der Waals surface area contributed by atoms with Gasteiger partial charge in [-0.2, -0.15) is 0 Å². The first-order chi connectivity index (χ1) is 11.5. The minimum absolute atomic E-state index is 0.0785. The standard InChI is InChI=1S/C17H19FN2O4/c1-10-14(16(21)24-9-13-3-2-8-23-13)15(20-17(22)19-10)11-4-6-12(18)7-5-11/h4-7,13,15H,2-3,8-9H2,1H3,(H2,19,20,22)/t13-,15-/m1/s1. The van der Waals surface area contributed by atoms with Gasteiger partial charge in [-0.05, 0) is 37.5 Å². The average Bonchev–Trinajstić information content (AvgIpc) is 3.06. The van der Waals surface area contributed by atoms with Crippen molar-refractivity contribution in [3.63, 3.8) is 0 Å². The first kappa shape index (κ1) is 16.4. The van der Waals surface area contributed by atoms with Crippen molar-refractivity contribution >= 4 is 12.0 Å². The Balaban J connectivity index is 1.80. The van der Waals surface area contributed by atoms with Crippen LogP contribution in [0.4, 0.5) is 9.18 Å². The fourth-order valence-corrected chi connectivity index (χ4v) is 2.89. The van der Waals surface area contributed by atoms with E-state index in [0.717, 1.165) is 12.8 Å². The van der Waals surface area contributed by atoms with Gasteiger partial charge in [-0.3, -0.25) is 0 Å². The molecule has 128 valence electrons. The number of benzene rings is 1. The van der Waals surface area contributed by atoms with Gasteiger partial charge in [0, 0.05) is 12.3 Å². The molecule has 0 aliphatic carbocycles. The van der Waals surface area contributed by atoms with E-state index in [1.54, 1.807) is 6.92 Å². The van der Waals surface area contributed by atoms with Crippen LogP contribution >= 0.6 is 0 Å². The molecule has 0 saturated carbocycles. The number of amides is 2. The van der Waals surface area contributed by atoms with E-state index >= 15 is 0 Å². The van der Waals surface area contributed by atoms with Crippen LogP contribution < -0.4 is 10.6 Å². The predicted molar refractivity (Wildman–Crippen MR) is 83.4 cm³/mol. The van der Waals surface area contributed by atoms with Crippen LogP contribution in [0.3, 0.4) is 0 Å². The lowest BCUT2D eigenvalue weighted by atomic mass is 9.95. The zero-order valence-electron chi connectivity index (χ0n) is 13.3. The minimum Gasteiger partial charge on any atom is -0.459 e. The van der Waals surface area contributed by atoms with Crippen molar-refractivity contribution in [1.82, 2.24) is 10.6 Å². The SMILES string of the molecule is CC1=C(C(=O)OC[C@H]2CCCO2)[C@@H](c2ccc(F)cc2)NC(=O)N1. The summed E-state index contributed by atoms with van der Waals surface area (Å²) >= 11 is 0. The summed E-state index contributed by atoms with van der Waals surface area (Å²) in [5, 5.41) is 5.25. The Bertz CT molecular complexity index is 666.